The number of para-hydroxylation sites is 1. The van der Waals surface area contributed by atoms with E-state index in [-0.39, 0.29) is 10.6 Å². The standard InChI is InChI=1S/C17H21N5O2/c1-13-8-10-21(11-9-13)17-15(22(23)24)16(18-12-19-17)20(2)14-6-4-3-5-7-14/h3-7,12-13H,8-11H2,1-2H3. The largest absolute Gasteiger partial charge is 0.353 e. The maximum Gasteiger partial charge on any atom is 0.353 e. The highest BCUT2D eigenvalue weighted by molar-refractivity contribution is 5.75. The van der Waals surface area contributed by atoms with Crippen LogP contribution < -0.4 is 9.80 Å². The number of anilines is 3. The molecular formula is C17H21N5O2. The zero-order valence-electron chi connectivity index (χ0n) is 13.9. The number of hydrogen-bond acceptors (Lipinski definition) is 6. The Morgan fingerprint density at radius 3 is 2.50 bits per heavy atom. The Morgan fingerprint density at radius 2 is 1.88 bits per heavy atom. The Hall–Kier alpha value is -2.70. The van der Waals surface area contributed by atoms with E-state index in [0.717, 1.165) is 31.6 Å². The highest BCUT2D eigenvalue weighted by atomic mass is 16.6. The van der Waals surface area contributed by atoms with E-state index >= 15 is 0 Å². The molecule has 0 atom stereocenters. The summed E-state index contributed by atoms with van der Waals surface area (Å²) in [5.41, 5.74) is 0.816. The van der Waals surface area contributed by atoms with Gasteiger partial charge in [0.25, 0.3) is 0 Å². The molecule has 1 aromatic heterocycles. The molecule has 0 radical (unpaired) electrons. The van der Waals surface area contributed by atoms with E-state index in [1.54, 1.807) is 11.9 Å². The first-order valence-electron chi connectivity index (χ1n) is 8.11. The fraction of sp³-hybridized carbons (Fsp3) is 0.412. The molecular weight excluding hydrogens is 306 g/mol. The molecule has 1 aromatic carbocycles. The first-order chi connectivity index (χ1) is 11.6. The molecule has 0 N–H and O–H groups in total. The predicted octanol–water partition coefficient (Wildman–Crippen LogP) is 3.39. The van der Waals surface area contributed by atoms with E-state index in [0.29, 0.717) is 17.6 Å². The van der Waals surface area contributed by atoms with Gasteiger partial charge in [-0.05, 0) is 30.9 Å². The number of benzene rings is 1. The number of hydrogen-bond donors (Lipinski definition) is 0. The second-order valence-corrected chi connectivity index (χ2v) is 6.19. The van der Waals surface area contributed by atoms with Crippen molar-refractivity contribution in [2.75, 3.05) is 29.9 Å². The Kier molecular flexibility index (Phi) is 4.59. The lowest BCUT2D eigenvalue weighted by Crippen LogP contribution is -2.34. The van der Waals surface area contributed by atoms with Crippen LogP contribution >= 0.6 is 0 Å². The van der Waals surface area contributed by atoms with Crippen molar-refractivity contribution in [1.29, 1.82) is 0 Å². The number of nitro groups is 1. The molecule has 0 amide bonds. The predicted molar refractivity (Wildman–Crippen MR) is 93.8 cm³/mol. The SMILES string of the molecule is CC1CCN(c2ncnc(N(C)c3ccccc3)c2[N+](=O)[O-])CC1. The molecule has 126 valence electrons. The van der Waals surface area contributed by atoms with Crippen molar-refractivity contribution in [3.63, 3.8) is 0 Å². The third-order valence-corrected chi connectivity index (χ3v) is 4.51. The van der Waals surface area contributed by atoms with Gasteiger partial charge in [-0.3, -0.25) is 10.1 Å². The summed E-state index contributed by atoms with van der Waals surface area (Å²) in [6.07, 6.45) is 3.45. The van der Waals surface area contributed by atoms with Crippen LogP contribution in [0.4, 0.5) is 23.0 Å². The second kappa shape index (κ2) is 6.82. The first kappa shape index (κ1) is 16.2. The Labute approximate surface area is 141 Å². The van der Waals surface area contributed by atoms with Gasteiger partial charge in [0, 0.05) is 25.8 Å². The van der Waals surface area contributed by atoms with Crippen LogP contribution in [0, 0.1) is 16.0 Å². The molecule has 0 bridgehead atoms. The minimum atomic E-state index is -0.373. The van der Waals surface area contributed by atoms with E-state index < -0.39 is 0 Å². The summed E-state index contributed by atoms with van der Waals surface area (Å²) < 4.78 is 0. The monoisotopic (exact) mass is 327 g/mol. The summed E-state index contributed by atoms with van der Waals surface area (Å²) >= 11 is 0. The van der Waals surface area contributed by atoms with Crippen LogP contribution in [0.25, 0.3) is 0 Å². The van der Waals surface area contributed by atoms with Crippen LogP contribution in [0.3, 0.4) is 0 Å². The highest BCUT2D eigenvalue weighted by Gasteiger charge is 2.30. The second-order valence-electron chi connectivity index (χ2n) is 6.19. The van der Waals surface area contributed by atoms with Gasteiger partial charge >= 0.3 is 5.69 Å². The third kappa shape index (κ3) is 3.15. The quantitative estimate of drug-likeness (QED) is 0.633. The lowest BCUT2D eigenvalue weighted by molar-refractivity contribution is -0.383. The van der Waals surface area contributed by atoms with E-state index in [1.807, 2.05) is 35.2 Å². The lowest BCUT2D eigenvalue weighted by atomic mass is 9.99. The van der Waals surface area contributed by atoms with Crippen LogP contribution in [-0.4, -0.2) is 35.0 Å². The molecule has 0 spiro atoms. The van der Waals surface area contributed by atoms with Crippen molar-refractivity contribution in [2.45, 2.75) is 19.8 Å². The minimum Gasteiger partial charge on any atom is -0.351 e. The third-order valence-electron chi connectivity index (χ3n) is 4.51. The molecule has 2 aromatic rings. The fourth-order valence-corrected chi connectivity index (χ4v) is 2.99. The van der Waals surface area contributed by atoms with Gasteiger partial charge in [0.05, 0.1) is 4.92 Å². The van der Waals surface area contributed by atoms with Crippen molar-refractivity contribution in [3.8, 4) is 0 Å². The van der Waals surface area contributed by atoms with Crippen LogP contribution in [0.5, 0.6) is 0 Å². The van der Waals surface area contributed by atoms with Gasteiger partial charge in [0.15, 0.2) is 0 Å². The Balaban J connectivity index is 2.01. The maximum absolute atomic E-state index is 11.8. The van der Waals surface area contributed by atoms with Gasteiger partial charge in [-0.25, -0.2) is 9.97 Å². The van der Waals surface area contributed by atoms with E-state index in [2.05, 4.69) is 16.9 Å². The van der Waals surface area contributed by atoms with Crippen LogP contribution in [0.15, 0.2) is 36.7 Å². The van der Waals surface area contributed by atoms with Gasteiger partial charge in [0.1, 0.15) is 6.33 Å². The summed E-state index contributed by atoms with van der Waals surface area (Å²) in [7, 11) is 1.78. The zero-order chi connectivity index (χ0) is 17.1. The van der Waals surface area contributed by atoms with Crippen LogP contribution in [0.2, 0.25) is 0 Å². The summed E-state index contributed by atoms with van der Waals surface area (Å²) in [5, 5.41) is 11.8. The number of nitrogens with zero attached hydrogens (tertiary/aromatic N) is 5. The Bertz CT molecular complexity index is 714. The van der Waals surface area contributed by atoms with Gasteiger partial charge in [0.2, 0.25) is 11.6 Å². The van der Waals surface area contributed by atoms with E-state index in [1.165, 1.54) is 6.33 Å². The zero-order valence-corrected chi connectivity index (χ0v) is 13.9. The van der Waals surface area contributed by atoms with Crippen LogP contribution in [-0.2, 0) is 0 Å². The molecule has 1 saturated heterocycles. The molecule has 24 heavy (non-hydrogen) atoms. The topological polar surface area (TPSA) is 75.4 Å². The van der Waals surface area contributed by atoms with Gasteiger partial charge < -0.3 is 9.80 Å². The molecule has 0 unspecified atom stereocenters. The lowest BCUT2D eigenvalue weighted by Gasteiger charge is -2.31. The molecule has 0 saturated carbocycles. The molecule has 1 fully saturated rings. The van der Waals surface area contributed by atoms with Gasteiger partial charge in [-0.2, -0.15) is 0 Å². The first-order valence-corrected chi connectivity index (χ1v) is 8.11. The summed E-state index contributed by atoms with van der Waals surface area (Å²) in [5.74, 6) is 1.38. The summed E-state index contributed by atoms with van der Waals surface area (Å²) in [6, 6.07) is 9.49. The van der Waals surface area contributed by atoms with Crippen molar-refractivity contribution in [3.05, 3.63) is 46.8 Å². The van der Waals surface area contributed by atoms with Crippen molar-refractivity contribution in [2.24, 2.45) is 5.92 Å². The minimum absolute atomic E-state index is 0.0293. The number of piperidine rings is 1. The van der Waals surface area contributed by atoms with E-state index in [9.17, 15) is 10.1 Å². The molecule has 3 rings (SSSR count). The maximum atomic E-state index is 11.8. The molecule has 7 heteroatoms. The number of rotatable bonds is 4. The molecule has 0 aliphatic carbocycles. The molecule has 2 heterocycles. The normalized spacial score (nSPS) is 15.3. The van der Waals surface area contributed by atoms with Gasteiger partial charge in [-0.1, -0.05) is 25.1 Å². The number of aromatic nitrogens is 2. The van der Waals surface area contributed by atoms with Crippen molar-refractivity contribution < 1.29 is 4.92 Å². The van der Waals surface area contributed by atoms with Gasteiger partial charge in [-0.15, -0.1) is 0 Å². The average molecular weight is 327 g/mol. The average Bonchev–Trinajstić information content (AvgIpc) is 2.61. The summed E-state index contributed by atoms with van der Waals surface area (Å²) in [6.45, 7) is 3.78. The fourth-order valence-electron chi connectivity index (χ4n) is 2.99. The molecule has 1 aliphatic rings. The highest BCUT2D eigenvalue weighted by Crippen LogP contribution is 2.37. The molecule has 1 aliphatic heterocycles. The van der Waals surface area contributed by atoms with Crippen molar-refractivity contribution in [1.82, 2.24) is 9.97 Å². The van der Waals surface area contributed by atoms with Crippen molar-refractivity contribution >= 4 is 23.0 Å². The van der Waals surface area contributed by atoms with E-state index in [4.69, 9.17) is 0 Å². The summed E-state index contributed by atoms with van der Waals surface area (Å²) in [4.78, 5) is 23.5. The van der Waals surface area contributed by atoms with Crippen LogP contribution in [0.1, 0.15) is 19.8 Å². The molecule has 7 nitrogen and oxygen atoms in total. The smallest absolute Gasteiger partial charge is 0.351 e. The Morgan fingerprint density at radius 1 is 1.21 bits per heavy atom.